The Labute approximate surface area is 116 Å². The molecule has 0 aromatic carbocycles. The quantitative estimate of drug-likeness (QED) is 0.491. The summed E-state index contributed by atoms with van der Waals surface area (Å²) in [6.07, 6.45) is 3.47. The van der Waals surface area contributed by atoms with E-state index in [1.807, 2.05) is 19.3 Å². The smallest absolute Gasteiger partial charge is 0.328 e. The summed E-state index contributed by atoms with van der Waals surface area (Å²) >= 11 is 0. The van der Waals surface area contributed by atoms with Crippen LogP contribution in [0.2, 0.25) is 0 Å². The summed E-state index contributed by atoms with van der Waals surface area (Å²) < 4.78 is 8.53. The third-order valence-electron chi connectivity index (χ3n) is 3.15. The molecule has 0 aliphatic carbocycles. The van der Waals surface area contributed by atoms with Crippen LogP contribution in [0, 0.1) is 6.92 Å². The minimum Gasteiger partial charge on any atom is -0.456 e. The number of carbonyl (C=O) groups is 1. The lowest BCUT2D eigenvalue weighted by molar-refractivity contribution is 0.0924. The van der Waals surface area contributed by atoms with Crippen molar-refractivity contribution in [1.29, 1.82) is 0 Å². The fourth-order valence-electron chi connectivity index (χ4n) is 1.98. The number of nitrogen functional groups attached to an aromatic ring is 1. The van der Waals surface area contributed by atoms with E-state index in [0.29, 0.717) is 12.3 Å². The first kappa shape index (κ1) is 14.1. The molecular weight excluding hydrogens is 260 g/mol. The van der Waals surface area contributed by atoms with Crippen LogP contribution in [0.3, 0.4) is 0 Å². The number of nitrogens with two attached hydrogens (primary N) is 1. The molecule has 7 nitrogen and oxygen atoms in total. The first-order valence-electron chi connectivity index (χ1n) is 6.31. The number of imidazole rings is 1. The van der Waals surface area contributed by atoms with E-state index in [1.165, 1.54) is 0 Å². The number of hydrazine groups is 1. The van der Waals surface area contributed by atoms with Gasteiger partial charge >= 0.3 is 11.6 Å². The van der Waals surface area contributed by atoms with Crippen LogP contribution >= 0.6 is 0 Å². The van der Waals surface area contributed by atoms with Gasteiger partial charge in [0.25, 0.3) is 0 Å². The van der Waals surface area contributed by atoms with Gasteiger partial charge in [0.15, 0.2) is 5.76 Å². The van der Waals surface area contributed by atoms with Gasteiger partial charge in [0, 0.05) is 24.0 Å². The van der Waals surface area contributed by atoms with Crippen LogP contribution in [0.15, 0.2) is 27.7 Å². The van der Waals surface area contributed by atoms with Crippen molar-refractivity contribution < 1.29 is 9.21 Å². The molecule has 0 aliphatic heterocycles. The van der Waals surface area contributed by atoms with Crippen molar-refractivity contribution in [2.24, 2.45) is 5.84 Å². The lowest BCUT2D eigenvalue weighted by Crippen LogP contribution is -2.29. The Morgan fingerprint density at radius 3 is 2.70 bits per heavy atom. The summed E-state index contributed by atoms with van der Waals surface area (Å²) in [4.78, 5) is 23.5. The number of amides is 1. The van der Waals surface area contributed by atoms with Crippen molar-refractivity contribution in [1.82, 2.24) is 14.6 Å². The van der Waals surface area contributed by atoms with Crippen LogP contribution < -0.4 is 17.0 Å². The van der Waals surface area contributed by atoms with Crippen LogP contribution in [0.1, 0.15) is 41.8 Å². The summed E-state index contributed by atoms with van der Waals surface area (Å²) in [7, 11) is 0. The molecule has 0 spiro atoms. The number of rotatable bonds is 4. The van der Waals surface area contributed by atoms with Gasteiger partial charge in [0.1, 0.15) is 5.76 Å². The minimum absolute atomic E-state index is 0.0922. The van der Waals surface area contributed by atoms with Gasteiger partial charge in [-0.2, -0.15) is 0 Å². The largest absolute Gasteiger partial charge is 0.456 e. The van der Waals surface area contributed by atoms with Gasteiger partial charge in [0.2, 0.25) is 0 Å². The highest BCUT2D eigenvalue weighted by Gasteiger charge is 2.15. The number of carbonyl (C=O) groups excluding carboxylic acids is 1. The van der Waals surface area contributed by atoms with Crippen molar-refractivity contribution >= 4 is 5.91 Å². The van der Waals surface area contributed by atoms with Crippen molar-refractivity contribution in [3.8, 4) is 0 Å². The third kappa shape index (κ3) is 2.53. The fourth-order valence-corrected chi connectivity index (χ4v) is 1.98. The summed E-state index contributed by atoms with van der Waals surface area (Å²) in [6.45, 7) is 5.98. The average molecular weight is 278 g/mol. The number of hydrogen-bond donors (Lipinski definition) is 2. The fraction of sp³-hybridized carbons (Fsp3) is 0.385. The maximum absolute atomic E-state index is 12.1. The molecule has 108 valence electrons. The van der Waals surface area contributed by atoms with E-state index >= 15 is 0 Å². The number of aryl methyl sites for hydroxylation is 1. The molecule has 0 fully saturated rings. The Hall–Kier alpha value is -2.28. The predicted molar refractivity (Wildman–Crippen MR) is 73.3 cm³/mol. The molecule has 0 aliphatic rings. The number of nitrogens with zero attached hydrogens (tertiary/aromatic N) is 2. The van der Waals surface area contributed by atoms with Crippen LogP contribution in [0.4, 0.5) is 0 Å². The lowest BCUT2D eigenvalue weighted by Gasteiger charge is -2.04. The molecule has 20 heavy (non-hydrogen) atoms. The van der Waals surface area contributed by atoms with Crippen LogP contribution in [0.5, 0.6) is 0 Å². The molecule has 7 heteroatoms. The molecule has 1 amide bonds. The van der Waals surface area contributed by atoms with E-state index in [4.69, 9.17) is 10.3 Å². The molecule has 0 saturated carbocycles. The Bertz CT molecular complexity index is 678. The second-order valence-electron chi connectivity index (χ2n) is 4.88. The Kier molecular flexibility index (Phi) is 3.80. The van der Waals surface area contributed by atoms with Crippen LogP contribution in [-0.2, 0) is 6.54 Å². The van der Waals surface area contributed by atoms with Gasteiger partial charge in [0.05, 0.1) is 6.54 Å². The second kappa shape index (κ2) is 5.38. The van der Waals surface area contributed by atoms with Gasteiger partial charge in [-0.15, -0.1) is 0 Å². The van der Waals surface area contributed by atoms with Crippen molar-refractivity contribution in [2.75, 3.05) is 0 Å². The number of furan rings is 1. The number of aromatic nitrogens is 2. The predicted octanol–water partition coefficient (Wildman–Crippen LogP) is 0.784. The Balaban J connectivity index is 2.29. The third-order valence-corrected chi connectivity index (χ3v) is 3.15. The van der Waals surface area contributed by atoms with Gasteiger partial charge < -0.3 is 4.42 Å². The zero-order valence-corrected chi connectivity index (χ0v) is 11.7. The Morgan fingerprint density at radius 2 is 2.15 bits per heavy atom. The zero-order chi connectivity index (χ0) is 14.9. The van der Waals surface area contributed by atoms with Gasteiger partial charge in [-0.25, -0.2) is 10.6 Å². The monoisotopic (exact) mass is 278 g/mol. The van der Waals surface area contributed by atoms with E-state index in [9.17, 15) is 9.59 Å². The lowest BCUT2D eigenvalue weighted by atomic mass is 10.2. The van der Waals surface area contributed by atoms with E-state index in [1.54, 1.807) is 34.5 Å². The molecular formula is C13H18N4O3. The van der Waals surface area contributed by atoms with E-state index in [0.717, 1.165) is 5.56 Å². The second-order valence-corrected chi connectivity index (χ2v) is 4.88. The summed E-state index contributed by atoms with van der Waals surface area (Å²) in [5, 5.41) is 0. The molecule has 2 aromatic heterocycles. The van der Waals surface area contributed by atoms with E-state index in [-0.39, 0.29) is 17.5 Å². The SMILES string of the molecule is Cc1oc(C(=O)NN)cc1Cn1ccn(C(C)C)c1=O. The number of hydrogen-bond acceptors (Lipinski definition) is 4. The molecule has 2 aromatic rings. The number of nitrogens with one attached hydrogen (secondary N) is 1. The highest BCUT2D eigenvalue weighted by molar-refractivity contribution is 5.91. The molecule has 0 radical (unpaired) electrons. The zero-order valence-electron chi connectivity index (χ0n) is 11.7. The highest BCUT2D eigenvalue weighted by atomic mass is 16.4. The van der Waals surface area contributed by atoms with Crippen molar-refractivity contribution in [2.45, 2.75) is 33.4 Å². The van der Waals surface area contributed by atoms with Crippen LogP contribution in [-0.4, -0.2) is 15.0 Å². The van der Waals surface area contributed by atoms with Gasteiger partial charge in [-0.05, 0) is 26.8 Å². The van der Waals surface area contributed by atoms with E-state index < -0.39 is 5.91 Å². The molecule has 0 saturated heterocycles. The summed E-state index contributed by atoms with van der Waals surface area (Å²) in [5.74, 6) is 5.29. The van der Waals surface area contributed by atoms with Crippen LogP contribution in [0.25, 0.3) is 0 Å². The minimum atomic E-state index is -0.494. The highest BCUT2D eigenvalue weighted by Crippen LogP contribution is 2.15. The normalized spacial score (nSPS) is 11.1. The molecule has 0 unspecified atom stereocenters. The molecule has 2 heterocycles. The van der Waals surface area contributed by atoms with Crippen molar-refractivity contribution in [3.63, 3.8) is 0 Å². The topological polar surface area (TPSA) is 95.2 Å². The standard InChI is InChI=1S/C13H18N4O3/c1-8(2)17-5-4-16(13(17)19)7-10-6-11(12(18)15-14)20-9(10)3/h4-6,8H,7,14H2,1-3H3,(H,15,18). The van der Waals surface area contributed by atoms with Gasteiger partial charge in [-0.1, -0.05) is 0 Å². The summed E-state index contributed by atoms with van der Waals surface area (Å²) in [6, 6.07) is 1.70. The first-order chi connectivity index (χ1) is 9.43. The maximum Gasteiger partial charge on any atom is 0.328 e. The van der Waals surface area contributed by atoms with E-state index in [2.05, 4.69) is 0 Å². The average Bonchev–Trinajstić information content (AvgIpc) is 2.94. The Morgan fingerprint density at radius 1 is 1.45 bits per heavy atom. The van der Waals surface area contributed by atoms with Gasteiger partial charge in [-0.3, -0.25) is 19.4 Å². The molecule has 0 bridgehead atoms. The van der Waals surface area contributed by atoms with Crippen molar-refractivity contribution in [3.05, 3.63) is 46.0 Å². The summed E-state index contributed by atoms with van der Waals surface area (Å²) in [5.41, 5.74) is 2.69. The molecule has 0 atom stereocenters. The maximum atomic E-state index is 12.1. The first-order valence-corrected chi connectivity index (χ1v) is 6.31. The molecule has 2 rings (SSSR count). The molecule has 3 N–H and O–H groups in total.